The molecule has 0 saturated heterocycles. The standard InChI is InChI=1S/C38H44F4/c1-3-5-7-8-9-10-11-12-14-31-23-24-32(36(40)35(31)39)29-19-21-30(22-20-29)34-26-25-33(37(41)38(34)42)28-17-15-27(16-18-28)13-6-4-2/h4,17,19-27H,2-3,5-16,18H2,1H3. The summed E-state index contributed by atoms with van der Waals surface area (Å²) in [7, 11) is 0. The van der Waals surface area contributed by atoms with Gasteiger partial charge in [0.05, 0.1) is 0 Å². The van der Waals surface area contributed by atoms with Crippen molar-refractivity contribution in [1.29, 1.82) is 0 Å². The number of hydrogen-bond donors (Lipinski definition) is 0. The molecule has 4 rings (SSSR count). The number of benzene rings is 3. The van der Waals surface area contributed by atoms with Gasteiger partial charge >= 0.3 is 0 Å². The molecular weight excluding hydrogens is 532 g/mol. The van der Waals surface area contributed by atoms with E-state index in [9.17, 15) is 4.39 Å². The summed E-state index contributed by atoms with van der Waals surface area (Å²) in [6.07, 6.45) is 18.3. The molecule has 0 N–H and O–H groups in total. The Labute approximate surface area is 249 Å². The summed E-state index contributed by atoms with van der Waals surface area (Å²) in [5, 5.41) is 0. The first-order valence-electron chi connectivity index (χ1n) is 15.8. The fraction of sp³-hybridized carbons (Fsp3) is 0.421. The minimum absolute atomic E-state index is 0.149. The predicted molar refractivity (Wildman–Crippen MR) is 168 cm³/mol. The van der Waals surface area contributed by atoms with Gasteiger partial charge in [-0.2, -0.15) is 0 Å². The third-order valence-electron chi connectivity index (χ3n) is 8.70. The van der Waals surface area contributed by atoms with Gasteiger partial charge in [0.15, 0.2) is 23.3 Å². The number of hydrogen-bond acceptors (Lipinski definition) is 0. The molecule has 0 bridgehead atoms. The number of rotatable bonds is 15. The fourth-order valence-corrected chi connectivity index (χ4v) is 6.05. The second kappa shape index (κ2) is 15.9. The second-order valence-corrected chi connectivity index (χ2v) is 11.7. The molecule has 224 valence electrons. The highest BCUT2D eigenvalue weighted by Crippen LogP contribution is 2.37. The van der Waals surface area contributed by atoms with Gasteiger partial charge in [-0.3, -0.25) is 0 Å². The van der Waals surface area contributed by atoms with E-state index < -0.39 is 23.3 Å². The van der Waals surface area contributed by atoms with Crippen LogP contribution in [-0.4, -0.2) is 0 Å². The van der Waals surface area contributed by atoms with Gasteiger partial charge in [0, 0.05) is 16.7 Å². The normalized spacial score (nSPS) is 15.1. The van der Waals surface area contributed by atoms with Crippen LogP contribution >= 0.6 is 0 Å². The Hall–Kier alpha value is -3.14. The van der Waals surface area contributed by atoms with Crippen molar-refractivity contribution >= 4 is 5.57 Å². The third kappa shape index (κ3) is 8.02. The number of allylic oxidation sites excluding steroid dienone is 3. The summed E-state index contributed by atoms with van der Waals surface area (Å²) in [6, 6.07) is 13.0. The van der Waals surface area contributed by atoms with Crippen LogP contribution in [0.5, 0.6) is 0 Å². The van der Waals surface area contributed by atoms with Gasteiger partial charge < -0.3 is 0 Å². The Balaban J connectivity index is 1.40. The van der Waals surface area contributed by atoms with E-state index in [1.165, 1.54) is 32.1 Å². The van der Waals surface area contributed by atoms with Gasteiger partial charge in [0.1, 0.15) is 0 Å². The molecule has 0 heterocycles. The SMILES string of the molecule is C=CCCC1CC=C(c2ccc(-c3ccc(-c4ccc(CCCCCCCCCC)c(F)c4F)cc3)c(F)c2F)CC1. The lowest BCUT2D eigenvalue weighted by Gasteiger charge is -2.22. The summed E-state index contributed by atoms with van der Waals surface area (Å²) >= 11 is 0. The van der Waals surface area contributed by atoms with Crippen molar-refractivity contribution in [2.24, 2.45) is 5.92 Å². The number of halogens is 4. The minimum Gasteiger partial charge on any atom is -0.203 e. The highest BCUT2D eigenvalue weighted by molar-refractivity contribution is 5.74. The first-order chi connectivity index (χ1) is 20.4. The molecule has 0 aliphatic heterocycles. The molecule has 1 aliphatic rings. The maximum absolute atomic E-state index is 15.2. The molecular formula is C38H44F4. The van der Waals surface area contributed by atoms with Crippen LogP contribution in [0.15, 0.2) is 67.3 Å². The van der Waals surface area contributed by atoms with Crippen molar-refractivity contribution in [3.63, 3.8) is 0 Å². The van der Waals surface area contributed by atoms with E-state index in [2.05, 4.69) is 13.5 Å². The highest BCUT2D eigenvalue weighted by Gasteiger charge is 2.21. The first-order valence-corrected chi connectivity index (χ1v) is 15.8. The van der Waals surface area contributed by atoms with E-state index in [1.54, 1.807) is 48.5 Å². The number of unbranched alkanes of at least 4 members (excludes halogenated alkanes) is 7. The van der Waals surface area contributed by atoms with Crippen molar-refractivity contribution in [2.75, 3.05) is 0 Å². The Morgan fingerprint density at radius 2 is 1.24 bits per heavy atom. The molecule has 3 aromatic carbocycles. The molecule has 3 aromatic rings. The molecule has 0 amide bonds. The molecule has 42 heavy (non-hydrogen) atoms. The second-order valence-electron chi connectivity index (χ2n) is 11.7. The van der Waals surface area contributed by atoms with Crippen LogP contribution in [0.25, 0.3) is 27.8 Å². The van der Waals surface area contributed by atoms with Gasteiger partial charge in [-0.1, -0.05) is 113 Å². The van der Waals surface area contributed by atoms with Gasteiger partial charge in [0.2, 0.25) is 0 Å². The van der Waals surface area contributed by atoms with E-state index in [4.69, 9.17) is 0 Å². The van der Waals surface area contributed by atoms with Crippen LogP contribution in [0.4, 0.5) is 17.6 Å². The lowest BCUT2D eigenvalue weighted by atomic mass is 9.83. The maximum Gasteiger partial charge on any atom is 0.167 e. The summed E-state index contributed by atoms with van der Waals surface area (Å²) < 4.78 is 60.4. The maximum atomic E-state index is 15.2. The number of aryl methyl sites for hydroxylation is 1. The van der Waals surface area contributed by atoms with E-state index in [0.29, 0.717) is 34.6 Å². The third-order valence-corrected chi connectivity index (χ3v) is 8.70. The van der Waals surface area contributed by atoms with Crippen LogP contribution in [0.3, 0.4) is 0 Å². The van der Waals surface area contributed by atoms with Crippen LogP contribution in [0.2, 0.25) is 0 Å². The van der Waals surface area contributed by atoms with Crippen molar-refractivity contribution in [2.45, 2.75) is 96.8 Å². The van der Waals surface area contributed by atoms with Crippen molar-refractivity contribution in [3.8, 4) is 22.3 Å². The van der Waals surface area contributed by atoms with Crippen molar-refractivity contribution in [3.05, 3.63) is 102 Å². The molecule has 1 unspecified atom stereocenters. The topological polar surface area (TPSA) is 0 Å². The molecule has 0 aromatic heterocycles. The Kier molecular flexibility index (Phi) is 12.0. The van der Waals surface area contributed by atoms with Gasteiger partial charge in [-0.25, -0.2) is 17.6 Å². The lowest BCUT2D eigenvalue weighted by Crippen LogP contribution is -2.07. The van der Waals surface area contributed by atoms with Crippen LogP contribution in [0.1, 0.15) is 102 Å². The average Bonchev–Trinajstić information content (AvgIpc) is 3.01. The van der Waals surface area contributed by atoms with E-state index in [0.717, 1.165) is 56.9 Å². The van der Waals surface area contributed by atoms with Crippen molar-refractivity contribution < 1.29 is 17.6 Å². The quantitative estimate of drug-likeness (QED) is 0.0959. The predicted octanol–water partition coefficient (Wildman–Crippen LogP) is 12.4. The fourth-order valence-electron chi connectivity index (χ4n) is 6.05. The van der Waals surface area contributed by atoms with Gasteiger partial charge in [-0.05, 0) is 73.1 Å². The molecule has 1 atom stereocenters. The van der Waals surface area contributed by atoms with Gasteiger partial charge in [-0.15, -0.1) is 6.58 Å². The Morgan fingerprint density at radius 3 is 1.83 bits per heavy atom. The average molecular weight is 577 g/mol. The van der Waals surface area contributed by atoms with E-state index in [1.807, 2.05) is 12.2 Å². The van der Waals surface area contributed by atoms with Crippen LogP contribution in [-0.2, 0) is 6.42 Å². The molecule has 0 nitrogen and oxygen atoms in total. The van der Waals surface area contributed by atoms with Crippen LogP contribution in [0, 0.1) is 29.2 Å². The monoisotopic (exact) mass is 576 g/mol. The zero-order chi connectivity index (χ0) is 29.9. The molecule has 1 aliphatic carbocycles. The summed E-state index contributed by atoms with van der Waals surface area (Å²) in [5.41, 5.74) is 2.86. The summed E-state index contributed by atoms with van der Waals surface area (Å²) in [4.78, 5) is 0. The van der Waals surface area contributed by atoms with Crippen LogP contribution < -0.4 is 0 Å². The smallest absolute Gasteiger partial charge is 0.167 e. The largest absolute Gasteiger partial charge is 0.203 e. The molecule has 0 radical (unpaired) electrons. The van der Waals surface area contributed by atoms with E-state index >= 15 is 13.2 Å². The summed E-state index contributed by atoms with van der Waals surface area (Å²) in [5.74, 6) is -2.84. The Bertz CT molecular complexity index is 1350. The molecule has 0 spiro atoms. The molecule has 0 fully saturated rings. The first kappa shape index (κ1) is 31.8. The highest BCUT2D eigenvalue weighted by atomic mass is 19.2. The molecule has 0 saturated carbocycles. The zero-order valence-electron chi connectivity index (χ0n) is 25.0. The van der Waals surface area contributed by atoms with Gasteiger partial charge in [0.25, 0.3) is 0 Å². The summed E-state index contributed by atoms with van der Waals surface area (Å²) in [6.45, 7) is 5.98. The minimum atomic E-state index is -0.891. The van der Waals surface area contributed by atoms with E-state index in [-0.39, 0.29) is 11.1 Å². The van der Waals surface area contributed by atoms with Crippen molar-refractivity contribution in [1.82, 2.24) is 0 Å². The Morgan fingerprint density at radius 1 is 0.690 bits per heavy atom. The molecule has 4 heteroatoms. The zero-order valence-corrected chi connectivity index (χ0v) is 25.0. The lowest BCUT2D eigenvalue weighted by molar-refractivity contribution is 0.452.